The highest BCUT2D eigenvalue weighted by Crippen LogP contribution is 2.66. The number of phenols is 1. The van der Waals surface area contributed by atoms with E-state index in [0.717, 1.165) is 5.56 Å². The van der Waals surface area contributed by atoms with Crippen LogP contribution in [0.4, 0.5) is 0 Å². The largest absolute Gasteiger partial charge is 0.508 e. The summed E-state index contributed by atoms with van der Waals surface area (Å²) in [7, 11) is 0. The lowest BCUT2D eigenvalue weighted by molar-refractivity contribution is -0.775. The number of carbonyl (C=O) groups excluding carboxylic acids is 1. The van der Waals surface area contributed by atoms with E-state index in [0.29, 0.717) is 31.2 Å². The highest BCUT2D eigenvalue weighted by molar-refractivity contribution is 5.67. The number of nitrogens with zero attached hydrogens (tertiary/aromatic N) is 1. The minimum Gasteiger partial charge on any atom is -0.508 e. The van der Waals surface area contributed by atoms with Gasteiger partial charge in [-0.2, -0.15) is 0 Å². The van der Waals surface area contributed by atoms with Gasteiger partial charge < -0.3 is 19.8 Å². The van der Waals surface area contributed by atoms with Gasteiger partial charge in [0, 0.05) is 12.3 Å². The molecule has 0 saturated heterocycles. The number of benzene rings is 1. The van der Waals surface area contributed by atoms with Crippen molar-refractivity contribution in [1.82, 2.24) is 0 Å². The first-order valence-electron chi connectivity index (χ1n) is 10.1. The Kier molecular flexibility index (Phi) is 4.51. The van der Waals surface area contributed by atoms with Gasteiger partial charge in [-0.15, -0.1) is 16.5 Å². The molecular weight excluding hydrogens is 390 g/mol. The Labute approximate surface area is 174 Å². The van der Waals surface area contributed by atoms with E-state index in [9.17, 15) is 25.1 Å². The molecule has 8 heteroatoms. The summed E-state index contributed by atoms with van der Waals surface area (Å²) >= 11 is 0. The maximum absolute atomic E-state index is 12.0. The number of rotatable bonds is 3. The second-order valence-electron chi connectivity index (χ2n) is 8.96. The van der Waals surface area contributed by atoms with Crippen LogP contribution < -0.4 is 0 Å². The molecule has 30 heavy (non-hydrogen) atoms. The van der Waals surface area contributed by atoms with E-state index in [1.165, 1.54) is 13.0 Å². The zero-order valence-electron chi connectivity index (χ0n) is 17.0. The summed E-state index contributed by atoms with van der Waals surface area (Å²) in [5.41, 5.74) is -2.33. The number of fused-ring (bicyclic) bond motifs is 5. The number of aromatic hydroxyl groups is 1. The third-order valence-corrected chi connectivity index (χ3v) is 7.71. The zero-order valence-corrected chi connectivity index (χ0v) is 17.0. The molecule has 3 aliphatic carbocycles. The molecule has 0 heterocycles. The van der Waals surface area contributed by atoms with Gasteiger partial charge in [-0.3, -0.25) is 4.79 Å². The van der Waals surface area contributed by atoms with E-state index in [1.807, 2.05) is 6.92 Å². The van der Waals surface area contributed by atoms with Crippen molar-refractivity contribution in [2.24, 2.45) is 17.3 Å². The predicted octanol–water partition coefficient (Wildman–Crippen LogP) is 2.47. The van der Waals surface area contributed by atoms with Crippen molar-refractivity contribution in [3.8, 4) is 18.1 Å². The van der Waals surface area contributed by atoms with E-state index < -0.39 is 33.8 Å². The fraction of sp³-hybridized carbons (Fsp3) is 0.591. The Bertz CT molecular complexity index is 955. The van der Waals surface area contributed by atoms with E-state index in [1.54, 1.807) is 12.1 Å². The number of aliphatic hydroxyl groups is 1. The van der Waals surface area contributed by atoms with Gasteiger partial charge in [0.05, 0.1) is 0 Å². The number of ether oxygens (including phenoxy) is 1. The molecule has 0 aliphatic heterocycles. The summed E-state index contributed by atoms with van der Waals surface area (Å²) in [6, 6.07) is 4.67. The molecule has 3 aliphatic rings. The molecule has 4 rings (SSSR count). The van der Waals surface area contributed by atoms with E-state index >= 15 is 0 Å². The smallest absolute Gasteiger partial charge is 0.304 e. The van der Waals surface area contributed by atoms with Crippen LogP contribution in [0.1, 0.15) is 50.7 Å². The standard InChI is InChI=1S/C22H25NO7/c1-4-21(29-13(2)24)10-9-17-18-7-5-14-11-15(25)6-8-16(14)22(18,26)19(30-23(27)28)12-20(17,21)3/h1,6,8,11,17-19,25-26H,5,7,9-10,12H2,2-3H3/t17-,18-,19-,20-,21-,22-/m0/s1. The maximum Gasteiger partial charge on any atom is 0.304 e. The molecule has 160 valence electrons. The van der Waals surface area contributed by atoms with Crippen molar-refractivity contribution in [3.63, 3.8) is 0 Å². The second kappa shape index (κ2) is 6.61. The van der Waals surface area contributed by atoms with Gasteiger partial charge in [-0.1, -0.05) is 18.9 Å². The Morgan fingerprint density at radius 1 is 1.37 bits per heavy atom. The van der Waals surface area contributed by atoms with Crippen LogP contribution >= 0.6 is 0 Å². The quantitative estimate of drug-likeness (QED) is 0.337. The summed E-state index contributed by atoms with van der Waals surface area (Å²) in [4.78, 5) is 28.3. The molecule has 1 aromatic carbocycles. The van der Waals surface area contributed by atoms with Gasteiger partial charge in [0.2, 0.25) is 0 Å². The number of terminal acetylenes is 1. The Morgan fingerprint density at radius 2 is 2.10 bits per heavy atom. The topological polar surface area (TPSA) is 119 Å². The molecule has 2 N–H and O–H groups in total. The van der Waals surface area contributed by atoms with Gasteiger partial charge in [0.25, 0.3) is 5.09 Å². The third kappa shape index (κ3) is 2.61. The van der Waals surface area contributed by atoms with Crippen molar-refractivity contribution in [2.45, 2.75) is 63.3 Å². The first-order chi connectivity index (χ1) is 14.1. The molecule has 0 unspecified atom stereocenters. The lowest BCUT2D eigenvalue weighted by atomic mass is 9.50. The highest BCUT2D eigenvalue weighted by Gasteiger charge is 2.70. The first kappa shape index (κ1) is 20.5. The van der Waals surface area contributed by atoms with Gasteiger partial charge in [-0.25, -0.2) is 0 Å². The maximum atomic E-state index is 12.0. The summed E-state index contributed by atoms with van der Waals surface area (Å²) in [5.74, 6) is 1.75. The molecule has 0 amide bonds. The molecule has 2 fully saturated rings. The van der Waals surface area contributed by atoms with Crippen molar-refractivity contribution in [3.05, 3.63) is 39.4 Å². The molecule has 2 saturated carbocycles. The summed E-state index contributed by atoms with van der Waals surface area (Å²) < 4.78 is 5.66. The number of carbonyl (C=O) groups is 1. The van der Waals surface area contributed by atoms with Crippen LogP contribution in [-0.2, 0) is 26.4 Å². The van der Waals surface area contributed by atoms with E-state index in [2.05, 4.69) is 5.92 Å². The molecule has 0 radical (unpaired) electrons. The highest BCUT2D eigenvalue weighted by atomic mass is 17.0. The number of hydrogen-bond donors (Lipinski definition) is 2. The average Bonchev–Trinajstić information content (AvgIpc) is 2.93. The normalized spacial score (nSPS) is 39.1. The fourth-order valence-corrected chi connectivity index (χ4v) is 6.49. The molecule has 0 aromatic heterocycles. The summed E-state index contributed by atoms with van der Waals surface area (Å²) in [6.45, 7) is 3.18. The minimum atomic E-state index is -1.61. The Balaban J connectivity index is 1.87. The zero-order chi connectivity index (χ0) is 21.9. The molecule has 8 nitrogen and oxygen atoms in total. The fourth-order valence-electron chi connectivity index (χ4n) is 6.49. The van der Waals surface area contributed by atoms with Crippen LogP contribution in [0.15, 0.2) is 18.2 Å². The van der Waals surface area contributed by atoms with Gasteiger partial charge in [0.1, 0.15) is 17.5 Å². The van der Waals surface area contributed by atoms with E-state index in [-0.39, 0.29) is 24.0 Å². The van der Waals surface area contributed by atoms with Crippen LogP contribution in [0.25, 0.3) is 0 Å². The van der Waals surface area contributed by atoms with Crippen molar-refractivity contribution in [1.29, 1.82) is 0 Å². The van der Waals surface area contributed by atoms with Crippen LogP contribution in [0.3, 0.4) is 0 Å². The lowest BCUT2D eigenvalue weighted by Crippen LogP contribution is -2.64. The lowest BCUT2D eigenvalue weighted by Gasteiger charge is -2.58. The van der Waals surface area contributed by atoms with E-state index in [4.69, 9.17) is 16.0 Å². The number of aryl methyl sites for hydroxylation is 1. The molecule has 0 spiro atoms. The average molecular weight is 415 g/mol. The summed E-state index contributed by atoms with van der Waals surface area (Å²) in [6.07, 6.45) is 6.92. The van der Waals surface area contributed by atoms with Crippen molar-refractivity contribution >= 4 is 5.97 Å². The third-order valence-electron chi connectivity index (χ3n) is 7.71. The Hall–Kier alpha value is -2.79. The monoisotopic (exact) mass is 415 g/mol. The van der Waals surface area contributed by atoms with Crippen molar-refractivity contribution in [2.75, 3.05) is 0 Å². The molecule has 6 atom stereocenters. The van der Waals surface area contributed by atoms with Crippen molar-refractivity contribution < 1.29 is 29.7 Å². The predicted molar refractivity (Wildman–Crippen MR) is 104 cm³/mol. The SMILES string of the molecule is C#C[C@]1(OC(C)=O)CC[C@H]2[C@@H]3CCc4cc(O)ccc4[C@@]3(O)[C@@H](O[N+](=O)[O-])C[C@@]21C. The number of hydrogen-bond acceptors (Lipinski definition) is 7. The van der Waals surface area contributed by atoms with Crippen LogP contribution in [-0.4, -0.2) is 33.0 Å². The second-order valence-corrected chi connectivity index (χ2v) is 8.96. The van der Waals surface area contributed by atoms with Gasteiger partial charge in [0.15, 0.2) is 5.60 Å². The van der Waals surface area contributed by atoms with Gasteiger partial charge >= 0.3 is 5.97 Å². The van der Waals surface area contributed by atoms with Crippen LogP contribution in [0.5, 0.6) is 5.75 Å². The molecular formula is C22H25NO7. The molecule has 0 bridgehead atoms. The Morgan fingerprint density at radius 3 is 2.73 bits per heavy atom. The first-order valence-corrected chi connectivity index (χ1v) is 10.1. The van der Waals surface area contributed by atoms with Crippen LogP contribution in [0.2, 0.25) is 0 Å². The number of esters is 1. The van der Waals surface area contributed by atoms with Gasteiger partial charge in [-0.05, 0) is 67.2 Å². The minimum absolute atomic E-state index is 0.0590. The molecule has 1 aromatic rings. The number of phenolic OH excluding ortho intramolecular Hbond substituents is 1. The van der Waals surface area contributed by atoms with Crippen LogP contribution in [0, 0.1) is 39.7 Å². The summed E-state index contributed by atoms with van der Waals surface area (Å²) in [5, 5.41) is 32.3.